The summed E-state index contributed by atoms with van der Waals surface area (Å²) in [5, 5.41) is 15.1. The highest BCUT2D eigenvalue weighted by molar-refractivity contribution is 8.01. The van der Waals surface area contributed by atoms with Gasteiger partial charge in [-0.15, -0.1) is 11.3 Å². The van der Waals surface area contributed by atoms with Crippen LogP contribution in [0.3, 0.4) is 0 Å². The standard InChI is InChI=1S/C15H24N2O2S2/c1-3-8-16-15(13(18)19)7-4-5-12(15)6-9-20-14-17-11(2)10-21-14/h10,12,16H,3-9H2,1-2H3,(H,18,19). The fourth-order valence-corrected chi connectivity index (χ4v) is 5.07. The third kappa shape index (κ3) is 3.99. The van der Waals surface area contributed by atoms with Gasteiger partial charge in [-0.2, -0.15) is 0 Å². The molecular formula is C15H24N2O2S2. The molecule has 0 saturated heterocycles. The highest BCUT2D eigenvalue weighted by Crippen LogP contribution is 2.39. The number of carbonyl (C=O) groups is 1. The molecule has 0 bridgehead atoms. The van der Waals surface area contributed by atoms with E-state index >= 15 is 0 Å². The van der Waals surface area contributed by atoms with E-state index in [0.717, 1.165) is 54.4 Å². The van der Waals surface area contributed by atoms with Crippen LogP contribution in [0.1, 0.15) is 44.7 Å². The summed E-state index contributed by atoms with van der Waals surface area (Å²) < 4.78 is 1.09. The van der Waals surface area contributed by atoms with E-state index < -0.39 is 11.5 Å². The molecule has 1 saturated carbocycles. The second kappa shape index (κ2) is 7.61. The smallest absolute Gasteiger partial charge is 0.324 e. The van der Waals surface area contributed by atoms with Gasteiger partial charge in [-0.3, -0.25) is 4.79 Å². The van der Waals surface area contributed by atoms with Gasteiger partial charge in [-0.05, 0) is 45.1 Å². The largest absolute Gasteiger partial charge is 0.480 e. The van der Waals surface area contributed by atoms with Gasteiger partial charge < -0.3 is 10.4 Å². The maximum absolute atomic E-state index is 11.8. The first kappa shape index (κ1) is 16.8. The van der Waals surface area contributed by atoms with Gasteiger partial charge in [0, 0.05) is 16.8 Å². The molecule has 4 nitrogen and oxygen atoms in total. The van der Waals surface area contributed by atoms with Crippen LogP contribution >= 0.6 is 23.1 Å². The molecule has 2 rings (SSSR count). The van der Waals surface area contributed by atoms with Crippen LogP contribution in [0.2, 0.25) is 0 Å². The van der Waals surface area contributed by atoms with Crippen molar-refractivity contribution in [1.82, 2.24) is 10.3 Å². The highest BCUT2D eigenvalue weighted by Gasteiger charge is 2.48. The molecule has 1 aliphatic rings. The fourth-order valence-electron chi connectivity index (χ4n) is 3.09. The van der Waals surface area contributed by atoms with Crippen molar-refractivity contribution in [3.8, 4) is 0 Å². The number of aromatic nitrogens is 1. The minimum atomic E-state index is -0.699. The summed E-state index contributed by atoms with van der Waals surface area (Å²) in [5.41, 5.74) is 0.364. The summed E-state index contributed by atoms with van der Waals surface area (Å²) in [5.74, 6) is 0.504. The predicted octanol–water partition coefficient (Wildman–Crippen LogP) is 3.56. The number of thioether (sulfide) groups is 1. The number of carboxylic acid groups (broad SMARTS) is 1. The molecule has 6 heteroatoms. The Morgan fingerprint density at radius 2 is 2.48 bits per heavy atom. The SMILES string of the molecule is CCCNC1(C(=O)O)CCCC1CCSc1nc(C)cs1. The van der Waals surface area contributed by atoms with Gasteiger partial charge in [0.2, 0.25) is 0 Å². The summed E-state index contributed by atoms with van der Waals surface area (Å²) >= 11 is 3.42. The molecular weight excluding hydrogens is 304 g/mol. The van der Waals surface area contributed by atoms with Crippen LogP contribution in [0, 0.1) is 12.8 Å². The van der Waals surface area contributed by atoms with Gasteiger partial charge in [-0.25, -0.2) is 4.98 Å². The van der Waals surface area contributed by atoms with E-state index in [1.54, 1.807) is 23.1 Å². The van der Waals surface area contributed by atoms with E-state index in [2.05, 4.69) is 22.6 Å². The van der Waals surface area contributed by atoms with Crippen molar-refractivity contribution in [2.24, 2.45) is 5.92 Å². The van der Waals surface area contributed by atoms with Crippen LogP contribution in [-0.2, 0) is 4.79 Å². The van der Waals surface area contributed by atoms with Gasteiger partial charge in [0.05, 0.1) is 0 Å². The molecule has 0 amide bonds. The number of aliphatic carboxylic acids is 1. The van der Waals surface area contributed by atoms with Crippen LogP contribution in [0.5, 0.6) is 0 Å². The van der Waals surface area contributed by atoms with Crippen molar-refractivity contribution in [3.63, 3.8) is 0 Å². The third-order valence-electron chi connectivity index (χ3n) is 4.18. The summed E-state index contributed by atoms with van der Waals surface area (Å²) in [6.45, 7) is 4.86. The van der Waals surface area contributed by atoms with Crippen LogP contribution in [-0.4, -0.2) is 33.9 Å². The van der Waals surface area contributed by atoms with Gasteiger partial charge in [0.1, 0.15) is 9.88 Å². The maximum atomic E-state index is 11.8. The van der Waals surface area contributed by atoms with Crippen molar-refractivity contribution >= 4 is 29.1 Å². The summed E-state index contributed by atoms with van der Waals surface area (Å²) in [6, 6.07) is 0. The normalized spacial score (nSPS) is 25.3. The fraction of sp³-hybridized carbons (Fsp3) is 0.733. The number of nitrogens with zero attached hydrogens (tertiary/aromatic N) is 1. The molecule has 2 unspecified atom stereocenters. The lowest BCUT2D eigenvalue weighted by Crippen LogP contribution is -2.55. The van der Waals surface area contributed by atoms with E-state index in [4.69, 9.17) is 0 Å². The molecule has 1 fully saturated rings. The number of rotatable bonds is 8. The Hall–Kier alpha value is -0.590. The van der Waals surface area contributed by atoms with E-state index in [1.807, 2.05) is 6.92 Å². The molecule has 1 aliphatic carbocycles. The Labute approximate surface area is 134 Å². The first-order valence-corrected chi connectivity index (χ1v) is 9.48. The van der Waals surface area contributed by atoms with E-state index in [-0.39, 0.29) is 5.92 Å². The van der Waals surface area contributed by atoms with E-state index in [9.17, 15) is 9.90 Å². The van der Waals surface area contributed by atoms with Gasteiger partial charge >= 0.3 is 5.97 Å². The predicted molar refractivity (Wildman–Crippen MR) is 88.2 cm³/mol. The molecule has 1 heterocycles. The van der Waals surface area contributed by atoms with Gasteiger partial charge in [0.25, 0.3) is 0 Å². The van der Waals surface area contributed by atoms with Gasteiger partial charge in [-0.1, -0.05) is 25.1 Å². The van der Waals surface area contributed by atoms with Gasteiger partial charge in [0.15, 0.2) is 0 Å². The second-order valence-corrected chi connectivity index (χ2v) is 7.88. The summed E-state index contributed by atoms with van der Waals surface area (Å²) in [6.07, 6.45) is 4.68. The molecule has 1 aromatic heterocycles. The number of thiazole rings is 1. The minimum absolute atomic E-state index is 0.232. The number of hydrogen-bond donors (Lipinski definition) is 2. The molecule has 1 aromatic rings. The Kier molecular flexibility index (Phi) is 6.08. The lowest BCUT2D eigenvalue weighted by molar-refractivity contribution is -0.146. The molecule has 0 spiro atoms. The molecule has 118 valence electrons. The number of carboxylic acids is 1. The molecule has 2 atom stereocenters. The molecule has 0 radical (unpaired) electrons. The van der Waals surface area contributed by atoms with Crippen LogP contribution in [0.25, 0.3) is 0 Å². The Morgan fingerprint density at radius 3 is 3.10 bits per heavy atom. The topological polar surface area (TPSA) is 62.2 Å². The van der Waals surface area contributed by atoms with E-state index in [1.165, 1.54) is 0 Å². The van der Waals surface area contributed by atoms with Crippen LogP contribution in [0.15, 0.2) is 9.72 Å². The molecule has 0 aromatic carbocycles. The lowest BCUT2D eigenvalue weighted by Gasteiger charge is -2.32. The molecule has 21 heavy (non-hydrogen) atoms. The van der Waals surface area contributed by atoms with Crippen molar-refractivity contribution in [3.05, 3.63) is 11.1 Å². The Morgan fingerprint density at radius 1 is 1.67 bits per heavy atom. The van der Waals surface area contributed by atoms with Crippen LogP contribution in [0.4, 0.5) is 0 Å². The average Bonchev–Trinajstić information content (AvgIpc) is 3.04. The first-order chi connectivity index (χ1) is 10.1. The summed E-state index contributed by atoms with van der Waals surface area (Å²) in [4.78, 5) is 16.2. The van der Waals surface area contributed by atoms with Crippen molar-refractivity contribution in [1.29, 1.82) is 0 Å². The lowest BCUT2D eigenvalue weighted by atomic mass is 9.85. The maximum Gasteiger partial charge on any atom is 0.324 e. The number of nitrogens with one attached hydrogen (secondary N) is 1. The number of hydrogen-bond acceptors (Lipinski definition) is 5. The summed E-state index contributed by atoms with van der Waals surface area (Å²) in [7, 11) is 0. The average molecular weight is 329 g/mol. The zero-order chi connectivity index (χ0) is 15.3. The first-order valence-electron chi connectivity index (χ1n) is 7.62. The second-order valence-electron chi connectivity index (χ2n) is 5.68. The highest BCUT2D eigenvalue weighted by atomic mass is 32.2. The van der Waals surface area contributed by atoms with Crippen molar-refractivity contribution in [2.75, 3.05) is 12.3 Å². The quantitative estimate of drug-likeness (QED) is 0.715. The Balaban J connectivity index is 1.91. The Bertz CT molecular complexity index is 478. The zero-order valence-electron chi connectivity index (χ0n) is 12.7. The zero-order valence-corrected chi connectivity index (χ0v) is 14.4. The molecule has 2 N–H and O–H groups in total. The van der Waals surface area contributed by atoms with Crippen molar-refractivity contribution < 1.29 is 9.90 Å². The molecule has 0 aliphatic heterocycles. The monoisotopic (exact) mass is 328 g/mol. The van der Waals surface area contributed by atoms with Crippen molar-refractivity contribution in [2.45, 2.75) is 55.8 Å². The van der Waals surface area contributed by atoms with E-state index in [0.29, 0.717) is 0 Å². The minimum Gasteiger partial charge on any atom is -0.480 e. The number of aryl methyl sites for hydroxylation is 1. The van der Waals surface area contributed by atoms with Crippen LogP contribution < -0.4 is 5.32 Å². The third-order valence-corrected chi connectivity index (χ3v) is 6.35.